The quantitative estimate of drug-likeness (QED) is 0.508. The second-order valence-electron chi connectivity index (χ2n) is 7.32. The van der Waals surface area contributed by atoms with Crippen molar-refractivity contribution in [3.8, 4) is 0 Å². The first kappa shape index (κ1) is 23.7. The molecule has 1 unspecified atom stereocenters. The summed E-state index contributed by atoms with van der Waals surface area (Å²) in [6, 6.07) is 18.0. The molecule has 0 saturated carbocycles. The molecule has 0 aliphatic rings. The lowest BCUT2D eigenvalue weighted by Gasteiger charge is -2.26. The second kappa shape index (κ2) is 10.1. The Labute approximate surface area is 192 Å². The van der Waals surface area contributed by atoms with Crippen molar-refractivity contribution in [3.05, 3.63) is 94.8 Å². The number of para-hydroxylation sites is 1. The molecule has 168 valence electrons. The van der Waals surface area contributed by atoms with E-state index in [4.69, 9.17) is 11.6 Å². The van der Waals surface area contributed by atoms with E-state index < -0.39 is 27.8 Å². The first-order valence-electron chi connectivity index (χ1n) is 9.75. The Morgan fingerprint density at radius 2 is 1.66 bits per heavy atom. The van der Waals surface area contributed by atoms with Gasteiger partial charge in [0.05, 0.1) is 10.9 Å². The van der Waals surface area contributed by atoms with Crippen molar-refractivity contribution >= 4 is 33.2 Å². The van der Waals surface area contributed by atoms with Gasteiger partial charge in [-0.3, -0.25) is 9.52 Å². The lowest BCUT2D eigenvalue weighted by atomic mass is 10.0. The molecule has 0 aromatic heterocycles. The van der Waals surface area contributed by atoms with Crippen molar-refractivity contribution in [1.82, 2.24) is 10.2 Å². The molecule has 2 N–H and O–H groups in total. The lowest BCUT2D eigenvalue weighted by molar-refractivity contribution is 0.0941. The van der Waals surface area contributed by atoms with Crippen LogP contribution in [0.2, 0.25) is 5.02 Å². The van der Waals surface area contributed by atoms with Gasteiger partial charge < -0.3 is 10.2 Å². The predicted molar refractivity (Wildman–Crippen MR) is 124 cm³/mol. The van der Waals surface area contributed by atoms with Gasteiger partial charge in [0.1, 0.15) is 5.82 Å². The van der Waals surface area contributed by atoms with E-state index in [2.05, 4.69) is 10.0 Å². The van der Waals surface area contributed by atoms with E-state index in [0.29, 0.717) is 11.3 Å². The molecule has 3 aromatic carbocycles. The molecule has 0 aliphatic carbocycles. The predicted octanol–water partition coefficient (Wildman–Crippen LogP) is 4.31. The standard InChI is InChI=1S/C23H23ClFN3O3S/c1-28(2)21(22-19(24)9-6-10-20(22)25)15-26-23(29)16-11-13-18(14-12-16)32(30,31)27-17-7-4-3-5-8-17/h3-14,21,27H,15H2,1-2H3,(H,26,29). The van der Waals surface area contributed by atoms with Crippen LogP contribution < -0.4 is 10.0 Å². The zero-order chi connectivity index (χ0) is 23.3. The van der Waals surface area contributed by atoms with Gasteiger partial charge in [-0.25, -0.2) is 12.8 Å². The molecule has 0 radical (unpaired) electrons. The number of nitrogens with zero attached hydrogens (tertiary/aromatic N) is 1. The van der Waals surface area contributed by atoms with Crippen LogP contribution in [0, 0.1) is 5.82 Å². The lowest BCUT2D eigenvalue weighted by Crippen LogP contribution is -2.35. The van der Waals surface area contributed by atoms with E-state index in [-0.39, 0.29) is 22.0 Å². The minimum absolute atomic E-state index is 0.0298. The molecule has 0 aliphatic heterocycles. The maximum Gasteiger partial charge on any atom is 0.261 e. The number of benzene rings is 3. The highest BCUT2D eigenvalue weighted by Gasteiger charge is 2.22. The van der Waals surface area contributed by atoms with Gasteiger partial charge in [-0.2, -0.15) is 0 Å². The smallest absolute Gasteiger partial charge is 0.261 e. The molecule has 0 heterocycles. The average Bonchev–Trinajstić information content (AvgIpc) is 2.76. The summed E-state index contributed by atoms with van der Waals surface area (Å²) in [5, 5.41) is 3.04. The van der Waals surface area contributed by atoms with Crippen LogP contribution in [0.15, 0.2) is 77.7 Å². The van der Waals surface area contributed by atoms with E-state index in [9.17, 15) is 17.6 Å². The van der Waals surface area contributed by atoms with Crippen LogP contribution in [0.1, 0.15) is 22.0 Å². The summed E-state index contributed by atoms with van der Waals surface area (Å²) >= 11 is 6.18. The number of halogens is 2. The molecule has 6 nitrogen and oxygen atoms in total. The van der Waals surface area contributed by atoms with Crippen LogP contribution in [0.4, 0.5) is 10.1 Å². The molecule has 0 saturated heterocycles. The number of nitrogens with one attached hydrogen (secondary N) is 2. The largest absolute Gasteiger partial charge is 0.350 e. The number of hydrogen-bond donors (Lipinski definition) is 2. The normalized spacial score (nSPS) is 12.4. The van der Waals surface area contributed by atoms with Crippen molar-refractivity contribution in [2.75, 3.05) is 25.4 Å². The molecule has 9 heteroatoms. The maximum absolute atomic E-state index is 14.3. The number of hydrogen-bond acceptors (Lipinski definition) is 4. The third-order valence-corrected chi connectivity index (χ3v) is 6.59. The summed E-state index contributed by atoms with van der Waals surface area (Å²) < 4.78 is 41.9. The third kappa shape index (κ3) is 5.64. The highest BCUT2D eigenvalue weighted by molar-refractivity contribution is 7.92. The van der Waals surface area contributed by atoms with Crippen LogP contribution in [-0.4, -0.2) is 39.9 Å². The van der Waals surface area contributed by atoms with Gasteiger partial charge in [0.25, 0.3) is 15.9 Å². The average molecular weight is 476 g/mol. The number of amides is 1. The Bertz CT molecular complexity index is 1170. The number of rotatable bonds is 8. The number of likely N-dealkylation sites (N-methyl/N-ethyl adjacent to an activating group) is 1. The summed E-state index contributed by atoms with van der Waals surface area (Å²) in [4.78, 5) is 14.4. The van der Waals surface area contributed by atoms with Crippen molar-refractivity contribution in [2.24, 2.45) is 0 Å². The molecule has 3 rings (SSSR count). The van der Waals surface area contributed by atoms with Gasteiger partial charge in [-0.1, -0.05) is 35.9 Å². The summed E-state index contributed by atoms with van der Waals surface area (Å²) in [6.45, 7) is 0.113. The number of sulfonamides is 1. The van der Waals surface area contributed by atoms with E-state index in [0.717, 1.165) is 0 Å². The summed E-state index contributed by atoms with van der Waals surface area (Å²) in [5.41, 5.74) is 1.02. The topological polar surface area (TPSA) is 78.5 Å². The highest BCUT2D eigenvalue weighted by Crippen LogP contribution is 2.28. The fraction of sp³-hybridized carbons (Fsp3) is 0.174. The molecular weight excluding hydrogens is 453 g/mol. The highest BCUT2D eigenvalue weighted by atomic mass is 35.5. The minimum atomic E-state index is -3.78. The second-order valence-corrected chi connectivity index (χ2v) is 9.41. The van der Waals surface area contributed by atoms with E-state index in [1.54, 1.807) is 55.4 Å². The molecule has 3 aromatic rings. The Kier molecular flexibility index (Phi) is 7.50. The zero-order valence-electron chi connectivity index (χ0n) is 17.5. The monoisotopic (exact) mass is 475 g/mol. The molecular formula is C23H23ClFN3O3S. The van der Waals surface area contributed by atoms with E-state index >= 15 is 0 Å². The Morgan fingerprint density at radius 1 is 1.00 bits per heavy atom. The van der Waals surface area contributed by atoms with Crippen LogP contribution in [-0.2, 0) is 10.0 Å². The summed E-state index contributed by atoms with van der Waals surface area (Å²) in [6.07, 6.45) is 0. The van der Waals surface area contributed by atoms with Crippen LogP contribution in [0.25, 0.3) is 0 Å². The molecule has 0 bridgehead atoms. The Hall–Kier alpha value is -2.94. The SMILES string of the molecule is CN(C)C(CNC(=O)c1ccc(S(=O)(=O)Nc2ccccc2)cc1)c1c(F)cccc1Cl. The van der Waals surface area contributed by atoms with E-state index in [1.165, 1.54) is 36.4 Å². The van der Waals surface area contributed by atoms with Crippen molar-refractivity contribution < 1.29 is 17.6 Å². The van der Waals surface area contributed by atoms with Crippen LogP contribution in [0.5, 0.6) is 0 Å². The van der Waals surface area contributed by atoms with Gasteiger partial charge in [0, 0.05) is 28.4 Å². The fourth-order valence-electron chi connectivity index (χ4n) is 3.17. The molecule has 1 amide bonds. The Balaban J connectivity index is 1.70. The van der Waals surface area contributed by atoms with Gasteiger partial charge >= 0.3 is 0 Å². The van der Waals surface area contributed by atoms with Crippen molar-refractivity contribution in [1.29, 1.82) is 0 Å². The van der Waals surface area contributed by atoms with Gasteiger partial charge in [-0.05, 0) is 62.6 Å². The summed E-state index contributed by atoms with van der Waals surface area (Å²) in [5.74, 6) is -0.866. The number of anilines is 1. The van der Waals surface area contributed by atoms with Gasteiger partial charge in [-0.15, -0.1) is 0 Å². The summed E-state index contributed by atoms with van der Waals surface area (Å²) in [7, 11) is -0.257. The van der Waals surface area contributed by atoms with Gasteiger partial charge in [0.15, 0.2) is 0 Å². The fourth-order valence-corrected chi connectivity index (χ4v) is 4.52. The minimum Gasteiger partial charge on any atom is -0.350 e. The van der Waals surface area contributed by atoms with Gasteiger partial charge in [0.2, 0.25) is 0 Å². The molecule has 1 atom stereocenters. The molecule has 0 spiro atoms. The third-order valence-electron chi connectivity index (χ3n) is 4.87. The first-order chi connectivity index (χ1) is 15.2. The number of carbonyl (C=O) groups excluding carboxylic acids is 1. The van der Waals surface area contributed by atoms with Crippen molar-refractivity contribution in [2.45, 2.75) is 10.9 Å². The number of carbonyl (C=O) groups is 1. The molecule has 0 fully saturated rings. The van der Waals surface area contributed by atoms with Crippen LogP contribution in [0.3, 0.4) is 0 Å². The molecule has 32 heavy (non-hydrogen) atoms. The Morgan fingerprint density at radius 3 is 2.25 bits per heavy atom. The maximum atomic E-state index is 14.3. The van der Waals surface area contributed by atoms with E-state index in [1.807, 2.05) is 0 Å². The first-order valence-corrected chi connectivity index (χ1v) is 11.6. The zero-order valence-corrected chi connectivity index (χ0v) is 19.1. The van der Waals surface area contributed by atoms with Crippen LogP contribution >= 0.6 is 11.6 Å². The van der Waals surface area contributed by atoms with Crippen molar-refractivity contribution in [3.63, 3.8) is 0 Å².